The number of nitro benzene ring substituents is 1. The maximum absolute atomic E-state index is 10.7. The largest absolute Gasteiger partial charge is 0.325 e. The van der Waals surface area contributed by atoms with E-state index in [1.807, 2.05) is 0 Å². The Balaban J connectivity index is 2.54. The van der Waals surface area contributed by atoms with Crippen LogP contribution in [-0.4, -0.2) is 19.9 Å². The molecule has 0 unspecified atom stereocenters. The van der Waals surface area contributed by atoms with Gasteiger partial charge in [0.05, 0.1) is 22.5 Å². The topological polar surface area (TPSA) is 99.9 Å². The average Bonchev–Trinajstić information content (AvgIpc) is 2.77. The van der Waals surface area contributed by atoms with E-state index < -0.39 is 4.92 Å². The summed E-state index contributed by atoms with van der Waals surface area (Å²) in [6.07, 6.45) is 1.50. The highest BCUT2D eigenvalue weighted by molar-refractivity contribution is 6.32. The molecule has 0 spiro atoms. The van der Waals surface area contributed by atoms with Crippen LogP contribution in [0.15, 0.2) is 24.4 Å². The molecule has 88 valence electrons. The molecule has 0 radical (unpaired) electrons. The first kappa shape index (κ1) is 11.5. The van der Waals surface area contributed by atoms with E-state index in [1.54, 1.807) is 6.07 Å². The standard InChI is InChI=1S/C9H8ClN5O2/c10-8-2-1-6(3-9(8)15(16)17)14-7(4-11)5-12-13-14/h1-3,5H,4,11H2. The second-order valence-electron chi connectivity index (χ2n) is 3.23. The molecule has 1 aromatic heterocycles. The molecule has 8 heteroatoms. The Kier molecular flexibility index (Phi) is 3.03. The molecule has 17 heavy (non-hydrogen) atoms. The highest BCUT2D eigenvalue weighted by Gasteiger charge is 2.15. The molecule has 0 fully saturated rings. The number of nitrogens with zero attached hydrogens (tertiary/aromatic N) is 4. The van der Waals surface area contributed by atoms with Gasteiger partial charge in [0.1, 0.15) is 5.02 Å². The molecule has 0 aliphatic heterocycles. The first-order valence-corrected chi connectivity index (χ1v) is 5.05. The monoisotopic (exact) mass is 253 g/mol. The van der Waals surface area contributed by atoms with Crippen molar-refractivity contribution in [3.8, 4) is 5.69 Å². The van der Waals surface area contributed by atoms with Crippen molar-refractivity contribution in [1.29, 1.82) is 0 Å². The minimum absolute atomic E-state index is 0.0770. The number of rotatable bonds is 3. The zero-order chi connectivity index (χ0) is 12.4. The molecule has 0 atom stereocenters. The Morgan fingerprint density at radius 2 is 2.29 bits per heavy atom. The fraction of sp³-hybridized carbons (Fsp3) is 0.111. The van der Waals surface area contributed by atoms with E-state index in [1.165, 1.54) is 23.0 Å². The van der Waals surface area contributed by atoms with E-state index >= 15 is 0 Å². The maximum atomic E-state index is 10.7. The second-order valence-corrected chi connectivity index (χ2v) is 3.64. The molecule has 0 amide bonds. The van der Waals surface area contributed by atoms with E-state index in [9.17, 15) is 10.1 Å². The number of nitrogens with two attached hydrogens (primary N) is 1. The van der Waals surface area contributed by atoms with Crippen molar-refractivity contribution in [2.75, 3.05) is 0 Å². The summed E-state index contributed by atoms with van der Waals surface area (Å²) in [7, 11) is 0. The molecular weight excluding hydrogens is 246 g/mol. The van der Waals surface area contributed by atoms with E-state index in [-0.39, 0.29) is 17.3 Å². The van der Waals surface area contributed by atoms with E-state index in [2.05, 4.69) is 10.3 Å². The van der Waals surface area contributed by atoms with Crippen LogP contribution in [0.3, 0.4) is 0 Å². The van der Waals surface area contributed by atoms with Crippen LogP contribution in [0, 0.1) is 10.1 Å². The van der Waals surface area contributed by atoms with Crippen LogP contribution in [0.25, 0.3) is 5.69 Å². The fourth-order valence-corrected chi connectivity index (χ4v) is 1.57. The van der Waals surface area contributed by atoms with Gasteiger partial charge in [-0.3, -0.25) is 10.1 Å². The number of aromatic nitrogens is 3. The summed E-state index contributed by atoms with van der Waals surface area (Å²) in [6.45, 7) is 0.240. The summed E-state index contributed by atoms with van der Waals surface area (Å²) in [5.41, 5.74) is 6.47. The van der Waals surface area contributed by atoms with Gasteiger partial charge in [0.15, 0.2) is 0 Å². The first-order valence-electron chi connectivity index (χ1n) is 4.67. The highest BCUT2D eigenvalue weighted by atomic mass is 35.5. The number of benzene rings is 1. The molecule has 2 aromatic rings. The van der Waals surface area contributed by atoms with Crippen molar-refractivity contribution in [2.45, 2.75) is 6.54 Å². The third kappa shape index (κ3) is 2.10. The molecule has 1 aromatic carbocycles. The lowest BCUT2D eigenvalue weighted by molar-refractivity contribution is -0.384. The van der Waals surface area contributed by atoms with E-state index in [4.69, 9.17) is 17.3 Å². The maximum Gasteiger partial charge on any atom is 0.290 e. The van der Waals surface area contributed by atoms with Crippen LogP contribution >= 0.6 is 11.6 Å². The van der Waals surface area contributed by atoms with Gasteiger partial charge in [0, 0.05) is 12.6 Å². The number of hydrogen-bond acceptors (Lipinski definition) is 5. The van der Waals surface area contributed by atoms with Crippen LogP contribution < -0.4 is 5.73 Å². The summed E-state index contributed by atoms with van der Waals surface area (Å²) in [5, 5.41) is 18.3. The third-order valence-corrected chi connectivity index (χ3v) is 2.52. The van der Waals surface area contributed by atoms with Gasteiger partial charge in [-0.1, -0.05) is 16.8 Å². The number of hydrogen-bond donors (Lipinski definition) is 1. The van der Waals surface area contributed by atoms with Crippen LogP contribution in [-0.2, 0) is 6.54 Å². The second kappa shape index (κ2) is 4.48. The number of halogens is 1. The summed E-state index contributed by atoms with van der Waals surface area (Å²) in [5.74, 6) is 0. The minimum Gasteiger partial charge on any atom is -0.325 e. The van der Waals surface area contributed by atoms with Crippen molar-refractivity contribution >= 4 is 17.3 Å². The molecule has 2 rings (SSSR count). The third-order valence-electron chi connectivity index (χ3n) is 2.20. The van der Waals surface area contributed by atoms with Crippen molar-refractivity contribution < 1.29 is 4.92 Å². The Bertz CT molecular complexity index is 568. The predicted octanol–water partition coefficient (Wildman–Crippen LogP) is 1.29. The van der Waals surface area contributed by atoms with E-state index in [0.717, 1.165) is 0 Å². The Labute approximate surface area is 101 Å². The van der Waals surface area contributed by atoms with Crippen molar-refractivity contribution in [2.24, 2.45) is 5.73 Å². The molecule has 0 saturated heterocycles. The Morgan fingerprint density at radius 1 is 1.53 bits per heavy atom. The van der Waals surface area contributed by atoms with Crippen molar-refractivity contribution in [1.82, 2.24) is 15.0 Å². The van der Waals surface area contributed by atoms with Gasteiger partial charge in [-0.2, -0.15) is 0 Å². The summed E-state index contributed by atoms with van der Waals surface area (Å²) in [6, 6.07) is 4.39. The molecular formula is C9H8ClN5O2. The van der Waals surface area contributed by atoms with Crippen LogP contribution in [0.1, 0.15) is 5.69 Å². The quantitative estimate of drug-likeness (QED) is 0.656. The normalized spacial score (nSPS) is 10.5. The van der Waals surface area contributed by atoms with Gasteiger partial charge in [-0.25, -0.2) is 4.68 Å². The Morgan fingerprint density at radius 3 is 2.94 bits per heavy atom. The van der Waals surface area contributed by atoms with Gasteiger partial charge >= 0.3 is 0 Å². The smallest absolute Gasteiger partial charge is 0.290 e. The lowest BCUT2D eigenvalue weighted by atomic mass is 10.2. The van der Waals surface area contributed by atoms with Crippen LogP contribution in [0.2, 0.25) is 5.02 Å². The zero-order valence-electron chi connectivity index (χ0n) is 8.58. The molecule has 0 saturated carbocycles. The first-order chi connectivity index (χ1) is 8.13. The van der Waals surface area contributed by atoms with Crippen LogP contribution in [0.5, 0.6) is 0 Å². The molecule has 7 nitrogen and oxygen atoms in total. The van der Waals surface area contributed by atoms with Gasteiger partial charge in [0.25, 0.3) is 5.69 Å². The predicted molar refractivity (Wildman–Crippen MR) is 60.9 cm³/mol. The summed E-state index contributed by atoms with van der Waals surface area (Å²) in [4.78, 5) is 10.2. The highest BCUT2D eigenvalue weighted by Crippen LogP contribution is 2.26. The average molecular weight is 254 g/mol. The summed E-state index contributed by atoms with van der Waals surface area (Å²) < 4.78 is 1.43. The molecule has 0 aliphatic carbocycles. The lowest BCUT2D eigenvalue weighted by Gasteiger charge is -2.04. The van der Waals surface area contributed by atoms with Crippen LogP contribution in [0.4, 0.5) is 5.69 Å². The molecule has 1 heterocycles. The van der Waals surface area contributed by atoms with Crippen molar-refractivity contribution in [3.05, 3.63) is 45.2 Å². The molecule has 0 aliphatic rings. The fourth-order valence-electron chi connectivity index (χ4n) is 1.39. The van der Waals surface area contributed by atoms with Gasteiger partial charge < -0.3 is 5.73 Å². The zero-order valence-corrected chi connectivity index (χ0v) is 9.33. The number of nitro groups is 1. The van der Waals surface area contributed by atoms with Gasteiger partial charge in [-0.05, 0) is 12.1 Å². The lowest BCUT2D eigenvalue weighted by Crippen LogP contribution is -2.07. The molecule has 0 bridgehead atoms. The minimum atomic E-state index is -0.551. The van der Waals surface area contributed by atoms with Gasteiger partial charge in [-0.15, -0.1) is 5.10 Å². The van der Waals surface area contributed by atoms with E-state index in [0.29, 0.717) is 11.4 Å². The SMILES string of the molecule is NCc1cnnn1-c1ccc(Cl)c([N+](=O)[O-])c1. The molecule has 2 N–H and O–H groups in total. The van der Waals surface area contributed by atoms with Gasteiger partial charge in [0.2, 0.25) is 0 Å². The summed E-state index contributed by atoms with van der Waals surface area (Å²) >= 11 is 5.71. The Hall–Kier alpha value is -1.99. The van der Waals surface area contributed by atoms with Crippen molar-refractivity contribution in [3.63, 3.8) is 0 Å².